The Bertz CT molecular complexity index is 370. The molecule has 1 aromatic rings. The Morgan fingerprint density at radius 1 is 1.33 bits per heavy atom. The lowest BCUT2D eigenvalue weighted by Gasteiger charge is -2.08. The Kier molecular flexibility index (Phi) is 8.06. The summed E-state index contributed by atoms with van der Waals surface area (Å²) in [6.45, 7) is 6.80. The van der Waals surface area contributed by atoms with Crippen LogP contribution in [-0.2, 0) is 11.2 Å². The second-order valence-corrected chi connectivity index (χ2v) is 5.61. The van der Waals surface area contributed by atoms with E-state index in [4.69, 9.17) is 0 Å². The average Bonchev–Trinajstić information content (AvgIpc) is 2.64. The molecule has 0 saturated carbocycles. The van der Waals surface area contributed by atoms with Gasteiger partial charge in [0.1, 0.15) is 5.01 Å². The minimum absolute atomic E-state index is 0. The fourth-order valence-corrected chi connectivity index (χ4v) is 2.32. The second kappa shape index (κ2) is 8.39. The Hall–Kier alpha value is -0.720. The first kappa shape index (κ1) is 17.3. The monoisotopic (exact) mass is 292 g/mol. The van der Waals surface area contributed by atoms with Crippen LogP contribution in [0.2, 0.25) is 0 Å². The number of nitrogens with one attached hydrogen (secondary N) is 2. The van der Waals surface area contributed by atoms with Crippen LogP contribution in [0.5, 0.6) is 0 Å². The van der Waals surface area contributed by atoms with Gasteiger partial charge in [0, 0.05) is 18.9 Å². The molecular weight excluding hydrogens is 272 g/mol. The molecule has 7 heteroatoms. The van der Waals surface area contributed by atoms with E-state index in [9.17, 15) is 4.79 Å². The van der Waals surface area contributed by atoms with Crippen LogP contribution in [0.3, 0.4) is 0 Å². The van der Waals surface area contributed by atoms with Crippen molar-refractivity contribution < 1.29 is 4.79 Å². The van der Waals surface area contributed by atoms with Crippen molar-refractivity contribution in [3.63, 3.8) is 0 Å². The first-order valence-electron chi connectivity index (χ1n) is 5.80. The first-order chi connectivity index (χ1) is 8.02. The summed E-state index contributed by atoms with van der Waals surface area (Å²) in [7, 11) is 1.83. The molecule has 1 heterocycles. The van der Waals surface area contributed by atoms with Crippen LogP contribution < -0.4 is 10.6 Å². The van der Waals surface area contributed by atoms with Gasteiger partial charge in [0.15, 0.2) is 0 Å². The molecule has 104 valence electrons. The highest BCUT2D eigenvalue weighted by molar-refractivity contribution is 7.15. The molecule has 0 radical (unpaired) electrons. The van der Waals surface area contributed by atoms with Crippen molar-refractivity contribution in [2.75, 3.05) is 18.9 Å². The van der Waals surface area contributed by atoms with Crippen molar-refractivity contribution in [3.8, 4) is 0 Å². The summed E-state index contributed by atoms with van der Waals surface area (Å²) in [5, 5.41) is 15.3. The fraction of sp³-hybridized carbons (Fsp3) is 0.727. The molecule has 1 unspecified atom stereocenters. The van der Waals surface area contributed by atoms with E-state index >= 15 is 0 Å². The van der Waals surface area contributed by atoms with Crippen LogP contribution in [0.4, 0.5) is 5.13 Å². The van der Waals surface area contributed by atoms with Gasteiger partial charge in [-0.3, -0.25) is 4.79 Å². The molecule has 0 bridgehead atoms. The smallest absolute Gasteiger partial charge is 0.230 e. The number of anilines is 1. The summed E-state index contributed by atoms with van der Waals surface area (Å²) in [6.07, 6.45) is 0.902. The van der Waals surface area contributed by atoms with Gasteiger partial charge < -0.3 is 10.6 Å². The van der Waals surface area contributed by atoms with E-state index in [1.165, 1.54) is 11.3 Å². The molecule has 18 heavy (non-hydrogen) atoms. The zero-order chi connectivity index (χ0) is 12.8. The van der Waals surface area contributed by atoms with Crippen molar-refractivity contribution in [2.45, 2.75) is 27.2 Å². The second-order valence-electron chi connectivity index (χ2n) is 4.55. The molecule has 0 saturated heterocycles. The summed E-state index contributed by atoms with van der Waals surface area (Å²) in [5.41, 5.74) is 0. The van der Waals surface area contributed by atoms with Gasteiger partial charge in [0.05, 0.1) is 0 Å². The number of carbonyl (C=O) groups is 1. The average molecular weight is 293 g/mol. The lowest BCUT2D eigenvalue weighted by atomic mass is 10.1. The number of nitrogens with zero attached hydrogens (tertiary/aromatic N) is 2. The van der Waals surface area contributed by atoms with Gasteiger partial charge >= 0.3 is 0 Å². The molecule has 1 amide bonds. The molecule has 1 rings (SSSR count). The lowest BCUT2D eigenvalue weighted by Crippen LogP contribution is -2.28. The summed E-state index contributed by atoms with van der Waals surface area (Å²) in [4.78, 5) is 11.7. The number of carbonyl (C=O) groups excluding carboxylic acids is 1. The van der Waals surface area contributed by atoms with Gasteiger partial charge in [-0.2, -0.15) is 0 Å². The molecule has 1 atom stereocenters. The quantitative estimate of drug-likeness (QED) is 0.841. The minimum Gasteiger partial charge on any atom is -0.319 e. The van der Waals surface area contributed by atoms with Crippen molar-refractivity contribution in [1.29, 1.82) is 0 Å². The summed E-state index contributed by atoms with van der Waals surface area (Å²) in [6, 6.07) is 0. The highest BCUT2D eigenvalue weighted by Crippen LogP contribution is 2.18. The van der Waals surface area contributed by atoms with Gasteiger partial charge in [-0.1, -0.05) is 32.1 Å². The van der Waals surface area contributed by atoms with Crippen LogP contribution in [0.1, 0.15) is 25.8 Å². The zero-order valence-corrected chi connectivity index (χ0v) is 12.8. The third kappa shape index (κ3) is 5.75. The van der Waals surface area contributed by atoms with Crippen molar-refractivity contribution in [2.24, 2.45) is 11.8 Å². The predicted octanol–water partition coefficient (Wildman–Crippen LogP) is 1.95. The van der Waals surface area contributed by atoms with E-state index < -0.39 is 0 Å². The minimum atomic E-state index is -0.0718. The highest BCUT2D eigenvalue weighted by Gasteiger charge is 2.14. The third-order valence-electron chi connectivity index (χ3n) is 2.24. The highest BCUT2D eigenvalue weighted by atomic mass is 35.5. The number of hydrogen-bond donors (Lipinski definition) is 2. The Balaban J connectivity index is 0.00000289. The van der Waals surface area contributed by atoms with E-state index in [1.54, 1.807) is 0 Å². The molecule has 0 aromatic carbocycles. The first-order valence-corrected chi connectivity index (χ1v) is 6.62. The van der Waals surface area contributed by atoms with Crippen LogP contribution in [0.15, 0.2) is 0 Å². The van der Waals surface area contributed by atoms with Crippen LogP contribution >= 0.6 is 23.7 Å². The summed E-state index contributed by atoms with van der Waals surface area (Å²) < 4.78 is 0. The Morgan fingerprint density at radius 2 is 2.00 bits per heavy atom. The molecule has 5 nitrogen and oxygen atoms in total. The molecule has 0 aliphatic heterocycles. The maximum absolute atomic E-state index is 11.7. The molecular formula is C11H21ClN4OS. The number of aromatic nitrogens is 2. The fourth-order valence-electron chi connectivity index (χ4n) is 1.36. The molecule has 0 aliphatic rings. The van der Waals surface area contributed by atoms with Crippen molar-refractivity contribution >= 4 is 34.8 Å². The summed E-state index contributed by atoms with van der Waals surface area (Å²) in [5.74, 6) is 0.457. The van der Waals surface area contributed by atoms with E-state index in [-0.39, 0.29) is 24.2 Å². The standard InChI is InChI=1S/C11H20N4OS.ClH/c1-7(2)5-9-14-15-11(17-9)13-10(16)8(3)6-12-4;/h7-8,12H,5-6H2,1-4H3,(H,13,15,16);1H. The number of halogens is 1. The molecule has 2 N–H and O–H groups in total. The maximum atomic E-state index is 11.7. The maximum Gasteiger partial charge on any atom is 0.230 e. The molecule has 0 aliphatic carbocycles. The van der Waals surface area contributed by atoms with Crippen LogP contribution in [-0.4, -0.2) is 29.7 Å². The largest absolute Gasteiger partial charge is 0.319 e. The van der Waals surface area contributed by atoms with Crippen LogP contribution in [0, 0.1) is 11.8 Å². The van der Waals surface area contributed by atoms with Gasteiger partial charge in [0.25, 0.3) is 0 Å². The lowest BCUT2D eigenvalue weighted by molar-refractivity contribution is -0.119. The van der Waals surface area contributed by atoms with E-state index in [1.807, 2.05) is 14.0 Å². The van der Waals surface area contributed by atoms with E-state index in [0.717, 1.165) is 11.4 Å². The third-order valence-corrected chi connectivity index (χ3v) is 3.10. The van der Waals surface area contributed by atoms with Crippen molar-refractivity contribution in [1.82, 2.24) is 15.5 Å². The van der Waals surface area contributed by atoms with Gasteiger partial charge in [-0.25, -0.2) is 0 Å². The van der Waals surface area contributed by atoms with E-state index in [0.29, 0.717) is 17.6 Å². The van der Waals surface area contributed by atoms with E-state index in [2.05, 4.69) is 34.7 Å². The van der Waals surface area contributed by atoms with Gasteiger partial charge in [0.2, 0.25) is 11.0 Å². The topological polar surface area (TPSA) is 66.9 Å². The van der Waals surface area contributed by atoms with Crippen molar-refractivity contribution in [3.05, 3.63) is 5.01 Å². The van der Waals surface area contributed by atoms with Gasteiger partial charge in [-0.05, 0) is 13.0 Å². The number of hydrogen-bond acceptors (Lipinski definition) is 5. The molecule has 1 aromatic heterocycles. The van der Waals surface area contributed by atoms with Crippen LogP contribution in [0.25, 0.3) is 0 Å². The molecule has 0 fully saturated rings. The Morgan fingerprint density at radius 3 is 2.56 bits per heavy atom. The predicted molar refractivity (Wildman–Crippen MR) is 77.4 cm³/mol. The number of rotatable bonds is 6. The Labute approximate surface area is 118 Å². The number of amides is 1. The molecule has 0 spiro atoms. The summed E-state index contributed by atoms with van der Waals surface area (Å²) >= 11 is 1.45. The SMILES string of the molecule is CNCC(C)C(=O)Nc1nnc(CC(C)C)s1.Cl. The van der Waals surface area contributed by atoms with Gasteiger partial charge in [-0.15, -0.1) is 22.6 Å². The normalized spacial score (nSPS) is 12.1. The zero-order valence-electron chi connectivity index (χ0n) is 11.2.